The van der Waals surface area contributed by atoms with Gasteiger partial charge in [-0.2, -0.15) is 4.31 Å². The summed E-state index contributed by atoms with van der Waals surface area (Å²) in [4.78, 5) is 22.6. The zero-order chi connectivity index (χ0) is 17.2. The first-order valence-corrected chi connectivity index (χ1v) is 9.14. The Morgan fingerprint density at radius 1 is 1.43 bits per heavy atom. The van der Waals surface area contributed by atoms with Gasteiger partial charge in [-0.3, -0.25) is 14.9 Å². The Kier molecular flexibility index (Phi) is 5.23. The minimum absolute atomic E-state index is 0.0385. The van der Waals surface area contributed by atoms with Crippen molar-refractivity contribution in [3.63, 3.8) is 0 Å². The molecule has 1 aliphatic heterocycles. The Bertz CT molecular complexity index is 737. The maximum Gasteiger partial charge on any atom is 0.289 e. The topological polar surface area (TPSA) is 110 Å². The number of nitrogens with one attached hydrogen (secondary N) is 1. The van der Waals surface area contributed by atoms with E-state index in [1.807, 2.05) is 0 Å². The second-order valence-corrected chi connectivity index (χ2v) is 7.64. The van der Waals surface area contributed by atoms with Crippen LogP contribution in [0, 0.1) is 10.1 Å². The molecule has 2 rings (SSSR count). The van der Waals surface area contributed by atoms with E-state index in [0.717, 1.165) is 23.0 Å². The average Bonchev–Trinajstić information content (AvgIpc) is 2.48. The molecule has 1 N–H and O–H groups in total. The van der Waals surface area contributed by atoms with Gasteiger partial charge in [0, 0.05) is 18.3 Å². The Balaban J connectivity index is 2.21. The van der Waals surface area contributed by atoms with Gasteiger partial charge in [0.1, 0.15) is 11.1 Å². The number of piperidine rings is 1. The summed E-state index contributed by atoms with van der Waals surface area (Å²) >= 11 is 5.72. The van der Waals surface area contributed by atoms with Crippen LogP contribution < -0.4 is 5.32 Å². The summed E-state index contributed by atoms with van der Waals surface area (Å²) in [5, 5.41) is 13.4. The second kappa shape index (κ2) is 6.81. The minimum atomic E-state index is -3.50. The molecule has 8 nitrogen and oxygen atoms in total. The average molecular weight is 362 g/mol. The molecule has 0 aromatic heterocycles. The van der Waals surface area contributed by atoms with E-state index in [0.29, 0.717) is 12.8 Å². The van der Waals surface area contributed by atoms with Gasteiger partial charge in [-0.1, -0.05) is 18.0 Å². The molecule has 1 heterocycles. The van der Waals surface area contributed by atoms with Gasteiger partial charge in [0.15, 0.2) is 0 Å². The highest BCUT2D eigenvalue weighted by Gasteiger charge is 2.34. The molecule has 1 saturated heterocycles. The fraction of sp³-hybridized carbons (Fsp3) is 0.462. The van der Waals surface area contributed by atoms with Crippen molar-refractivity contribution in [2.45, 2.75) is 25.3 Å². The van der Waals surface area contributed by atoms with E-state index in [9.17, 15) is 23.3 Å². The van der Waals surface area contributed by atoms with Crippen LogP contribution in [0.2, 0.25) is 5.02 Å². The third-order valence-corrected chi connectivity index (χ3v) is 5.20. The predicted octanol–water partition coefficient (Wildman–Crippen LogP) is 2.00. The molecule has 1 atom stereocenters. The smallest absolute Gasteiger partial charge is 0.289 e. The third-order valence-electron chi connectivity index (χ3n) is 3.59. The zero-order valence-corrected chi connectivity index (χ0v) is 13.9. The molecule has 10 heteroatoms. The molecule has 1 fully saturated rings. The summed E-state index contributed by atoms with van der Waals surface area (Å²) in [5.41, 5.74) is -0.127. The van der Waals surface area contributed by atoms with Gasteiger partial charge < -0.3 is 5.32 Å². The van der Waals surface area contributed by atoms with Crippen LogP contribution in [-0.4, -0.2) is 42.4 Å². The Morgan fingerprint density at radius 3 is 2.74 bits per heavy atom. The number of carbonyl (C=O) groups excluding carboxylic acids is 1. The lowest BCUT2D eigenvalue weighted by Gasteiger charge is -2.32. The van der Waals surface area contributed by atoms with Gasteiger partial charge >= 0.3 is 0 Å². The first-order chi connectivity index (χ1) is 10.7. The number of anilines is 1. The number of hydrogen-bond acceptors (Lipinski definition) is 5. The van der Waals surface area contributed by atoms with Crippen LogP contribution in [0.1, 0.15) is 19.3 Å². The molecule has 0 radical (unpaired) electrons. The van der Waals surface area contributed by atoms with Crippen molar-refractivity contribution < 1.29 is 18.1 Å². The van der Waals surface area contributed by atoms with Gasteiger partial charge in [-0.15, -0.1) is 0 Å². The molecule has 0 saturated carbocycles. The quantitative estimate of drug-likeness (QED) is 0.651. The SMILES string of the molecule is CS(=O)(=O)N1CCCCC1C(=O)Nc1ccc(Cl)c([N+](=O)[O-])c1. The molecule has 1 aromatic carbocycles. The number of halogens is 1. The van der Waals surface area contributed by atoms with E-state index in [2.05, 4.69) is 5.32 Å². The second-order valence-electron chi connectivity index (χ2n) is 5.30. The lowest BCUT2D eigenvalue weighted by Crippen LogP contribution is -2.49. The maximum absolute atomic E-state index is 12.4. The molecule has 0 aliphatic carbocycles. The number of carbonyl (C=O) groups is 1. The fourth-order valence-electron chi connectivity index (χ4n) is 2.52. The molecule has 126 valence electrons. The zero-order valence-electron chi connectivity index (χ0n) is 12.4. The monoisotopic (exact) mass is 361 g/mol. The molecular formula is C13H16ClN3O5S. The van der Waals surface area contributed by atoms with Crippen molar-refractivity contribution in [2.75, 3.05) is 18.1 Å². The van der Waals surface area contributed by atoms with Gasteiger partial charge in [-0.25, -0.2) is 8.42 Å². The number of benzene rings is 1. The summed E-state index contributed by atoms with van der Waals surface area (Å²) in [5.74, 6) is -0.508. The van der Waals surface area contributed by atoms with Crippen LogP contribution in [-0.2, 0) is 14.8 Å². The molecule has 0 spiro atoms. The van der Waals surface area contributed by atoms with Gasteiger partial charge in [0.05, 0.1) is 11.2 Å². The van der Waals surface area contributed by atoms with Crippen molar-refractivity contribution in [3.05, 3.63) is 33.3 Å². The summed E-state index contributed by atoms with van der Waals surface area (Å²) < 4.78 is 24.7. The van der Waals surface area contributed by atoms with Crippen molar-refractivity contribution in [3.8, 4) is 0 Å². The first kappa shape index (κ1) is 17.6. The van der Waals surface area contributed by atoms with Crippen LogP contribution in [0.4, 0.5) is 11.4 Å². The number of nitrogens with zero attached hydrogens (tertiary/aromatic N) is 2. The minimum Gasteiger partial charge on any atom is -0.324 e. The number of nitro groups is 1. The van der Waals surface area contributed by atoms with Crippen LogP contribution in [0.3, 0.4) is 0 Å². The largest absolute Gasteiger partial charge is 0.324 e. The highest BCUT2D eigenvalue weighted by molar-refractivity contribution is 7.88. The van der Waals surface area contributed by atoms with Crippen molar-refractivity contribution >= 4 is 38.9 Å². The van der Waals surface area contributed by atoms with E-state index in [1.54, 1.807) is 0 Å². The lowest BCUT2D eigenvalue weighted by atomic mass is 10.0. The molecule has 1 aromatic rings. The predicted molar refractivity (Wildman–Crippen MR) is 85.9 cm³/mol. The number of hydrogen-bond donors (Lipinski definition) is 1. The maximum atomic E-state index is 12.4. The van der Waals surface area contributed by atoms with Crippen LogP contribution in [0.5, 0.6) is 0 Å². The van der Waals surface area contributed by atoms with E-state index in [-0.39, 0.29) is 22.9 Å². The van der Waals surface area contributed by atoms with E-state index >= 15 is 0 Å². The van der Waals surface area contributed by atoms with Gasteiger partial charge in [0.25, 0.3) is 5.69 Å². The Hall–Kier alpha value is -1.71. The van der Waals surface area contributed by atoms with Crippen molar-refractivity contribution in [2.24, 2.45) is 0 Å². The van der Waals surface area contributed by atoms with Crippen LogP contribution in [0.15, 0.2) is 18.2 Å². The number of amides is 1. The molecule has 1 aliphatic rings. The normalized spacial score (nSPS) is 19.3. The summed E-state index contributed by atoms with van der Waals surface area (Å²) in [6.45, 7) is 0.289. The number of rotatable bonds is 4. The van der Waals surface area contributed by atoms with Crippen molar-refractivity contribution in [1.29, 1.82) is 0 Å². The van der Waals surface area contributed by atoms with Crippen LogP contribution in [0.25, 0.3) is 0 Å². The summed E-state index contributed by atoms with van der Waals surface area (Å²) in [6, 6.07) is 3.08. The number of nitro benzene ring substituents is 1. The standard InChI is InChI=1S/C13H16ClN3O5S/c1-23(21,22)16-7-3-2-4-11(16)13(18)15-9-5-6-10(14)12(8-9)17(19)20/h5-6,8,11H,2-4,7H2,1H3,(H,15,18). The van der Waals surface area contributed by atoms with Crippen molar-refractivity contribution in [1.82, 2.24) is 4.31 Å². The highest BCUT2D eigenvalue weighted by atomic mass is 35.5. The first-order valence-electron chi connectivity index (χ1n) is 6.92. The van der Waals surface area contributed by atoms with Crippen LogP contribution >= 0.6 is 11.6 Å². The van der Waals surface area contributed by atoms with E-state index in [1.165, 1.54) is 12.1 Å². The third kappa shape index (κ3) is 4.18. The van der Waals surface area contributed by atoms with Gasteiger partial charge in [-0.05, 0) is 25.0 Å². The summed E-state index contributed by atoms with van der Waals surface area (Å²) in [7, 11) is -3.50. The summed E-state index contributed by atoms with van der Waals surface area (Å²) in [6.07, 6.45) is 2.91. The van der Waals surface area contributed by atoms with E-state index in [4.69, 9.17) is 11.6 Å². The molecular weight excluding hydrogens is 346 g/mol. The van der Waals surface area contributed by atoms with Gasteiger partial charge in [0.2, 0.25) is 15.9 Å². The molecule has 1 unspecified atom stereocenters. The Labute approximate surface area is 138 Å². The Morgan fingerprint density at radius 2 is 2.13 bits per heavy atom. The lowest BCUT2D eigenvalue weighted by molar-refractivity contribution is -0.384. The molecule has 0 bridgehead atoms. The fourth-order valence-corrected chi connectivity index (χ4v) is 3.83. The molecule has 23 heavy (non-hydrogen) atoms. The molecule has 1 amide bonds. The number of sulfonamides is 1. The highest BCUT2D eigenvalue weighted by Crippen LogP contribution is 2.28. The van der Waals surface area contributed by atoms with E-state index < -0.39 is 26.9 Å².